The van der Waals surface area contributed by atoms with Gasteiger partial charge in [0.1, 0.15) is 11.5 Å². The van der Waals surface area contributed by atoms with Gasteiger partial charge in [0.25, 0.3) is 0 Å². The summed E-state index contributed by atoms with van der Waals surface area (Å²) in [5, 5.41) is 11.1. The summed E-state index contributed by atoms with van der Waals surface area (Å²) >= 11 is 0. The first kappa shape index (κ1) is 20.3. The third-order valence-electron chi connectivity index (χ3n) is 4.65. The summed E-state index contributed by atoms with van der Waals surface area (Å²) in [5.41, 5.74) is 1.12. The van der Waals surface area contributed by atoms with Crippen molar-refractivity contribution in [2.75, 3.05) is 7.11 Å². The molecule has 0 atom stereocenters. The monoisotopic (exact) mass is 431 g/mol. The van der Waals surface area contributed by atoms with Crippen molar-refractivity contribution in [3.63, 3.8) is 0 Å². The van der Waals surface area contributed by atoms with Crippen molar-refractivity contribution in [1.82, 2.24) is 14.1 Å². The molecule has 2 aromatic heterocycles. The Morgan fingerprint density at radius 2 is 1.77 bits per heavy atom. The minimum absolute atomic E-state index is 0.140. The average Bonchev–Trinajstić information content (AvgIpc) is 3.00. The van der Waals surface area contributed by atoms with E-state index in [1.807, 2.05) is 0 Å². The van der Waals surface area contributed by atoms with Crippen LogP contribution in [0.15, 0.2) is 65.7 Å². The van der Waals surface area contributed by atoms with Gasteiger partial charge in [-0.2, -0.15) is 0 Å². The normalized spacial score (nSPS) is 11.6. The molecule has 0 spiro atoms. The number of fused-ring (bicyclic) bond motifs is 1. The Kier molecular flexibility index (Phi) is 5.05. The number of benzene rings is 2. The molecule has 2 heterocycles. The molecule has 0 saturated heterocycles. The second-order valence-corrected chi connectivity index (χ2v) is 6.63. The van der Waals surface area contributed by atoms with Gasteiger partial charge in [0, 0.05) is 11.6 Å². The lowest BCUT2D eigenvalue weighted by Gasteiger charge is -2.10. The number of rotatable bonds is 5. The number of aromatic hydroxyl groups is 1. The molecule has 160 valence electrons. The topological polar surface area (TPSA) is 78.5 Å². The Morgan fingerprint density at radius 1 is 1.06 bits per heavy atom. The molecule has 1 N–H and O–H groups in total. The van der Waals surface area contributed by atoms with Gasteiger partial charge in [-0.15, -0.1) is 13.2 Å². The van der Waals surface area contributed by atoms with Crippen molar-refractivity contribution in [3.05, 3.63) is 77.0 Å². The van der Waals surface area contributed by atoms with Crippen LogP contribution < -0.4 is 15.2 Å². The first-order valence-electron chi connectivity index (χ1n) is 9.04. The summed E-state index contributed by atoms with van der Waals surface area (Å²) in [6.45, 7) is 0.140. The van der Waals surface area contributed by atoms with Crippen LogP contribution in [0.25, 0.3) is 16.6 Å². The molecular weight excluding hydrogens is 415 g/mol. The first-order valence-corrected chi connectivity index (χ1v) is 9.04. The molecule has 2 aromatic carbocycles. The van der Waals surface area contributed by atoms with E-state index in [-0.39, 0.29) is 18.1 Å². The summed E-state index contributed by atoms with van der Waals surface area (Å²) in [6.07, 6.45) is -1.94. The maximum absolute atomic E-state index is 12.9. The molecule has 0 fully saturated rings. The molecule has 0 bridgehead atoms. The molecule has 10 heteroatoms. The largest absolute Gasteiger partial charge is 0.573 e. The predicted molar refractivity (Wildman–Crippen MR) is 106 cm³/mol. The highest BCUT2D eigenvalue weighted by molar-refractivity contribution is 5.83. The number of hydrogen-bond donors (Lipinski definition) is 1. The second-order valence-electron chi connectivity index (χ2n) is 6.63. The van der Waals surface area contributed by atoms with Crippen LogP contribution >= 0.6 is 0 Å². The van der Waals surface area contributed by atoms with E-state index in [1.54, 1.807) is 37.6 Å². The molecule has 0 amide bonds. The number of pyridine rings is 1. The van der Waals surface area contributed by atoms with E-state index in [0.717, 1.165) is 33.2 Å². The number of imidazole rings is 1. The van der Waals surface area contributed by atoms with Gasteiger partial charge in [-0.25, -0.2) is 9.36 Å². The number of ether oxygens (including phenoxy) is 2. The number of hydrogen-bond acceptors (Lipinski definition) is 5. The third kappa shape index (κ3) is 4.18. The summed E-state index contributed by atoms with van der Waals surface area (Å²) in [4.78, 5) is 17.2. The zero-order chi connectivity index (χ0) is 22.2. The molecule has 0 radical (unpaired) electrons. The molecule has 7 nitrogen and oxygen atoms in total. The first-order chi connectivity index (χ1) is 14.7. The number of methoxy groups -OCH3 is 1. The molecule has 0 aliphatic carbocycles. The number of nitrogens with zero attached hydrogens (tertiary/aromatic N) is 3. The smallest absolute Gasteiger partial charge is 0.497 e. The van der Waals surface area contributed by atoms with Crippen LogP contribution in [-0.2, 0) is 6.54 Å². The van der Waals surface area contributed by atoms with E-state index >= 15 is 0 Å². The van der Waals surface area contributed by atoms with Gasteiger partial charge in [-0.1, -0.05) is 0 Å². The quantitative estimate of drug-likeness (QED) is 0.519. The highest BCUT2D eigenvalue weighted by Gasteiger charge is 2.31. The SMILES string of the molecule is COc1ccc2nccc(Cn3cc(O)n(-c4ccc(OC(F)(F)F)cc4)c3=O)c2c1. The van der Waals surface area contributed by atoms with Crippen LogP contribution in [0.5, 0.6) is 17.4 Å². The Balaban J connectivity index is 1.68. The minimum Gasteiger partial charge on any atom is -0.497 e. The zero-order valence-corrected chi connectivity index (χ0v) is 16.1. The lowest BCUT2D eigenvalue weighted by molar-refractivity contribution is -0.274. The Hall–Kier alpha value is -3.95. The van der Waals surface area contributed by atoms with Crippen molar-refractivity contribution in [2.24, 2.45) is 0 Å². The Labute approximate surface area is 173 Å². The highest BCUT2D eigenvalue weighted by atomic mass is 19.4. The zero-order valence-electron chi connectivity index (χ0n) is 16.1. The number of alkyl halides is 3. The van der Waals surface area contributed by atoms with E-state index in [4.69, 9.17) is 4.74 Å². The third-order valence-corrected chi connectivity index (χ3v) is 4.65. The average molecular weight is 431 g/mol. The lowest BCUT2D eigenvalue weighted by atomic mass is 10.1. The van der Waals surface area contributed by atoms with Crippen LogP contribution in [0.4, 0.5) is 13.2 Å². The van der Waals surface area contributed by atoms with Crippen LogP contribution in [0.1, 0.15) is 5.56 Å². The standard InChI is InChI=1S/C21H16F3N3O4/c1-30-16-6-7-18-17(10-16)13(8-9-25-18)11-26-12-19(28)27(20(26)29)14-2-4-15(5-3-14)31-21(22,23)24/h2-10,12,28H,11H2,1H3. The van der Waals surface area contributed by atoms with Gasteiger partial charge >= 0.3 is 12.1 Å². The molecule has 0 unspecified atom stereocenters. The van der Waals surface area contributed by atoms with Crippen LogP contribution in [0, 0.1) is 0 Å². The maximum Gasteiger partial charge on any atom is 0.573 e. The van der Waals surface area contributed by atoms with Gasteiger partial charge in [-0.3, -0.25) is 9.55 Å². The van der Waals surface area contributed by atoms with Gasteiger partial charge in [0.15, 0.2) is 0 Å². The number of halogens is 3. The summed E-state index contributed by atoms with van der Waals surface area (Å²) < 4.78 is 48.3. The highest BCUT2D eigenvalue weighted by Crippen LogP contribution is 2.26. The maximum atomic E-state index is 12.9. The van der Waals surface area contributed by atoms with Gasteiger partial charge in [0.2, 0.25) is 5.88 Å². The van der Waals surface area contributed by atoms with E-state index in [1.165, 1.54) is 22.9 Å². The summed E-state index contributed by atoms with van der Waals surface area (Å²) in [7, 11) is 1.55. The van der Waals surface area contributed by atoms with Gasteiger partial charge < -0.3 is 14.6 Å². The molecule has 4 aromatic rings. The molecule has 0 aliphatic heterocycles. The van der Waals surface area contributed by atoms with Crippen molar-refractivity contribution in [2.45, 2.75) is 12.9 Å². The molecule has 0 aliphatic rings. The summed E-state index contributed by atoms with van der Waals surface area (Å²) in [5.74, 6) is -0.151. The van der Waals surface area contributed by atoms with E-state index < -0.39 is 17.8 Å². The van der Waals surface area contributed by atoms with Crippen molar-refractivity contribution >= 4 is 10.9 Å². The molecule has 4 rings (SSSR count). The van der Waals surface area contributed by atoms with E-state index in [0.29, 0.717) is 5.75 Å². The fourth-order valence-electron chi connectivity index (χ4n) is 3.26. The van der Waals surface area contributed by atoms with Crippen LogP contribution in [0.3, 0.4) is 0 Å². The predicted octanol–water partition coefficient (Wildman–Crippen LogP) is 3.85. The Bertz CT molecular complexity index is 1290. The number of aromatic nitrogens is 3. The van der Waals surface area contributed by atoms with E-state index in [2.05, 4.69) is 9.72 Å². The minimum atomic E-state index is -4.82. The van der Waals surface area contributed by atoms with Crippen molar-refractivity contribution < 1.29 is 27.8 Å². The fourth-order valence-corrected chi connectivity index (χ4v) is 3.26. The molecular formula is C21H16F3N3O4. The molecule has 31 heavy (non-hydrogen) atoms. The van der Waals surface area contributed by atoms with Crippen molar-refractivity contribution in [3.8, 4) is 23.1 Å². The van der Waals surface area contributed by atoms with Gasteiger partial charge in [0.05, 0.1) is 31.1 Å². The van der Waals surface area contributed by atoms with Crippen LogP contribution in [-0.4, -0.2) is 32.7 Å². The fraction of sp³-hybridized carbons (Fsp3) is 0.143. The lowest BCUT2D eigenvalue weighted by Crippen LogP contribution is -2.23. The Morgan fingerprint density at radius 3 is 2.45 bits per heavy atom. The van der Waals surface area contributed by atoms with Crippen molar-refractivity contribution in [1.29, 1.82) is 0 Å². The van der Waals surface area contributed by atoms with Crippen LogP contribution in [0.2, 0.25) is 0 Å². The van der Waals surface area contributed by atoms with Gasteiger partial charge in [-0.05, 0) is 54.1 Å². The second kappa shape index (κ2) is 7.71. The molecule has 0 saturated carbocycles. The summed E-state index contributed by atoms with van der Waals surface area (Å²) in [6, 6.07) is 11.8. The van der Waals surface area contributed by atoms with E-state index in [9.17, 15) is 23.1 Å².